The Labute approximate surface area is 100 Å². The van der Waals surface area contributed by atoms with Gasteiger partial charge in [0.25, 0.3) is 0 Å². The molecule has 1 aromatic carbocycles. The van der Waals surface area contributed by atoms with E-state index in [2.05, 4.69) is 4.72 Å². The maximum absolute atomic E-state index is 11.7. The number of sulfonamides is 1. The number of carbonyl (C=O) groups is 1. The molecule has 0 spiro atoms. The van der Waals surface area contributed by atoms with Crippen molar-refractivity contribution in [1.29, 1.82) is 0 Å². The fourth-order valence-corrected chi connectivity index (χ4v) is 2.20. The topological polar surface area (TPSA) is 101 Å². The molecule has 0 radical (unpaired) electrons. The highest BCUT2D eigenvalue weighted by Gasteiger charge is 2.13. The first-order chi connectivity index (χ1) is 7.95. The van der Waals surface area contributed by atoms with Crippen molar-refractivity contribution in [3.63, 3.8) is 0 Å². The number of amides is 1. The molecule has 7 heteroatoms. The standard InChI is InChI=1S/C10H15N3O3S/c1-8-2-4-9(5-3-8)17(15,16)12-7-6-10(14)13-11/h2-5,12H,6-7,11H2,1H3,(H,13,14). The Balaban J connectivity index is 2.63. The van der Waals surface area contributed by atoms with Crippen LogP contribution in [0.25, 0.3) is 0 Å². The number of rotatable bonds is 5. The minimum atomic E-state index is -3.55. The molecule has 1 amide bonds. The van der Waals surface area contributed by atoms with Crippen LogP contribution in [0.4, 0.5) is 0 Å². The lowest BCUT2D eigenvalue weighted by molar-refractivity contribution is -0.120. The van der Waals surface area contributed by atoms with Crippen molar-refractivity contribution >= 4 is 15.9 Å². The third-order valence-corrected chi connectivity index (χ3v) is 3.61. The van der Waals surface area contributed by atoms with Gasteiger partial charge in [0.2, 0.25) is 15.9 Å². The molecule has 0 aliphatic heterocycles. The predicted molar refractivity (Wildman–Crippen MR) is 63.3 cm³/mol. The van der Waals surface area contributed by atoms with Gasteiger partial charge in [-0.15, -0.1) is 0 Å². The number of hydrogen-bond acceptors (Lipinski definition) is 4. The van der Waals surface area contributed by atoms with Gasteiger partial charge in [-0.2, -0.15) is 0 Å². The lowest BCUT2D eigenvalue weighted by Gasteiger charge is -2.06. The molecule has 17 heavy (non-hydrogen) atoms. The number of benzene rings is 1. The molecule has 0 unspecified atom stereocenters. The molecule has 94 valence electrons. The fraction of sp³-hybridized carbons (Fsp3) is 0.300. The van der Waals surface area contributed by atoms with Crippen LogP contribution in [0, 0.1) is 6.92 Å². The van der Waals surface area contributed by atoms with E-state index in [1.807, 2.05) is 12.3 Å². The Morgan fingerprint density at radius 1 is 1.29 bits per heavy atom. The van der Waals surface area contributed by atoms with Gasteiger partial charge in [0.15, 0.2) is 0 Å². The third-order valence-electron chi connectivity index (χ3n) is 2.14. The summed E-state index contributed by atoms with van der Waals surface area (Å²) in [7, 11) is -3.55. The van der Waals surface area contributed by atoms with Crippen LogP contribution in [0.5, 0.6) is 0 Å². The summed E-state index contributed by atoms with van der Waals surface area (Å²) in [5, 5.41) is 0. The zero-order valence-electron chi connectivity index (χ0n) is 9.43. The van der Waals surface area contributed by atoms with Gasteiger partial charge in [-0.1, -0.05) is 17.7 Å². The van der Waals surface area contributed by atoms with Crippen LogP contribution in [0.15, 0.2) is 29.2 Å². The predicted octanol–water partition coefficient (Wildman–Crippen LogP) is -0.347. The summed E-state index contributed by atoms with van der Waals surface area (Å²) in [5.41, 5.74) is 2.90. The van der Waals surface area contributed by atoms with E-state index in [-0.39, 0.29) is 17.9 Å². The lowest BCUT2D eigenvalue weighted by Crippen LogP contribution is -2.34. The Bertz CT molecular complexity index is 482. The van der Waals surface area contributed by atoms with Crippen molar-refractivity contribution < 1.29 is 13.2 Å². The van der Waals surface area contributed by atoms with Gasteiger partial charge >= 0.3 is 0 Å². The highest BCUT2D eigenvalue weighted by molar-refractivity contribution is 7.89. The van der Waals surface area contributed by atoms with Crippen molar-refractivity contribution in [2.45, 2.75) is 18.2 Å². The summed E-state index contributed by atoms with van der Waals surface area (Å²) >= 11 is 0. The Morgan fingerprint density at radius 2 is 1.88 bits per heavy atom. The molecule has 0 aromatic heterocycles. The van der Waals surface area contributed by atoms with Crippen LogP contribution in [-0.4, -0.2) is 20.9 Å². The molecular weight excluding hydrogens is 242 g/mol. The molecule has 0 aliphatic rings. The molecule has 0 fully saturated rings. The van der Waals surface area contributed by atoms with Crippen LogP contribution < -0.4 is 16.0 Å². The smallest absolute Gasteiger partial charge is 0.240 e. The Kier molecular flexibility index (Phi) is 4.62. The van der Waals surface area contributed by atoms with Crippen molar-refractivity contribution in [2.24, 2.45) is 5.84 Å². The summed E-state index contributed by atoms with van der Waals surface area (Å²) in [6, 6.07) is 6.45. The van der Waals surface area contributed by atoms with Crippen molar-refractivity contribution in [3.8, 4) is 0 Å². The Hall–Kier alpha value is -1.44. The SMILES string of the molecule is Cc1ccc(S(=O)(=O)NCCC(=O)NN)cc1. The van der Waals surface area contributed by atoms with E-state index in [4.69, 9.17) is 5.84 Å². The lowest BCUT2D eigenvalue weighted by atomic mass is 10.2. The molecule has 0 heterocycles. The van der Waals surface area contributed by atoms with Gasteiger partial charge in [-0.05, 0) is 19.1 Å². The molecule has 6 nitrogen and oxygen atoms in total. The van der Waals surface area contributed by atoms with Crippen molar-refractivity contribution in [3.05, 3.63) is 29.8 Å². The van der Waals surface area contributed by atoms with Gasteiger partial charge in [-0.3, -0.25) is 10.2 Å². The van der Waals surface area contributed by atoms with Crippen LogP contribution in [-0.2, 0) is 14.8 Å². The molecular formula is C10H15N3O3S. The first-order valence-electron chi connectivity index (χ1n) is 5.01. The number of carbonyl (C=O) groups excluding carboxylic acids is 1. The molecule has 0 bridgehead atoms. The van der Waals surface area contributed by atoms with Gasteiger partial charge in [0, 0.05) is 13.0 Å². The van der Waals surface area contributed by atoms with Gasteiger partial charge < -0.3 is 0 Å². The molecule has 4 N–H and O–H groups in total. The van der Waals surface area contributed by atoms with Crippen molar-refractivity contribution in [2.75, 3.05) is 6.54 Å². The first kappa shape index (κ1) is 13.6. The largest absolute Gasteiger partial charge is 0.294 e. The number of nitrogens with one attached hydrogen (secondary N) is 2. The number of hydrazine groups is 1. The van der Waals surface area contributed by atoms with Gasteiger partial charge in [0.1, 0.15) is 0 Å². The van der Waals surface area contributed by atoms with Gasteiger partial charge in [0.05, 0.1) is 4.90 Å². The molecule has 1 rings (SSSR count). The zero-order chi connectivity index (χ0) is 12.9. The van der Waals surface area contributed by atoms with E-state index in [1.54, 1.807) is 12.1 Å². The molecule has 0 saturated carbocycles. The maximum atomic E-state index is 11.7. The van der Waals surface area contributed by atoms with E-state index in [9.17, 15) is 13.2 Å². The van der Waals surface area contributed by atoms with E-state index in [1.165, 1.54) is 12.1 Å². The summed E-state index contributed by atoms with van der Waals surface area (Å²) in [4.78, 5) is 11.0. The van der Waals surface area contributed by atoms with E-state index in [0.29, 0.717) is 0 Å². The second kappa shape index (κ2) is 5.76. The second-order valence-electron chi connectivity index (χ2n) is 3.53. The highest BCUT2D eigenvalue weighted by Crippen LogP contribution is 2.09. The van der Waals surface area contributed by atoms with Crippen LogP contribution >= 0.6 is 0 Å². The van der Waals surface area contributed by atoms with Crippen LogP contribution in [0.1, 0.15) is 12.0 Å². The van der Waals surface area contributed by atoms with Gasteiger partial charge in [-0.25, -0.2) is 19.0 Å². The quantitative estimate of drug-likeness (QED) is 0.381. The number of nitrogens with two attached hydrogens (primary N) is 1. The van der Waals surface area contributed by atoms with Crippen LogP contribution in [0.2, 0.25) is 0 Å². The summed E-state index contributed by atoms with van der Waals surface area (Å²) in [6.07, 6.45) is 0.00158. The molecule has 0 aliphatic carbocycles. The number of hydrogen-bond donors (Lipinski definition) is 3. The number of aryl methyl sites for hydroxylation is 1. The summed E-state index contributed by atoms with van der Waals surface area (Å²) in [6.45, 7) is 1.88. The highest BCUT2D eigenvalue weighted by atomic mass is 32.2. The average Bonchev–Trinajstić information content (AvgIpc) is 2.29. The monoisotopic (exact) mass is 257 g/mol. The summed E-state index contributed by atoms with van der Waals surface area (Å²) in [5.74, 6) is 4.45. The first-order valence-corrected chi connectivity index (χ1v) is 6.50. The minimum Gasteiger partial charge on any atom is -0.294 e. The third kappa shape index (κ3) is 4.14. The van der Waals surface area contributed by atoms with E-state index in [0.717, 1.165) is 5.56 Å². The second-order valence-corrected chi connectivity index (χ2v) is 5.30. The van der Waals surface area contributed by atoms with E-state index < -0.39 is 15.9 Å². The average molecular weight is 257 g/mol. The molecule has 0 saturated heterocycles. The summed E-state index contributed by atoms with van der Waals surface area (Å²) < 4.78 is 25.8. The zero-order valence-corrected chi connectivity index (χ0v) is 10.3. The molecule has 1 aromatic rings. The minimum absolute atomic E-state index is 0.00158. The Morgan fingerprint density at radius 3 is 2.41 bits per heavy atom. The van der Waals surface area contributed by atoms with Crippen molar-refractivity contribution in [1.82, 2.24) is 10.1 Å². The van der Waals surface area contributed by atoms with E-state index >= 15 is 0 Å². The maximum Gasteiger partial charge on any atom is 0.240 e. The normalized spacial score (nSPS) is 11.2. The fourth-order valence-electron chi connectivity index (χ4n) is 1.17. The van der Waals surface area contributed by atoms with Crippen LogP contribution in [0.3, 0.4) is 0 Å². The molecule has 0 atom stereocenters.